The van der Waals surface area contributed by atoms with E-state index in [4.69, 9.17) is 4.74 Å². The van der Waals surface area contributed by atoms with Gasteiger partial charge in [-0.3, -0.25) is 9.69 Å². The number of likely N-dealkylation sites (tertiary alicyclic amines) is 1. The van der Waals surface area contributed by atoms with E-state index < -0.39 is 5.60 Å². The minimum atomic E-state index is -0.612. The first-order valence-electron chi connectivity index (χ1n) is 11.8. The molecule has 1 saturated carbocycles. The Kier molecular flexibility index (Phi) is 6.05. The standard InChI is InChI=1S/C29H31NO3/c1-33-27-12-10-22(11-13-27)23-8-5-9-24(14-23)28(31)20-30-18-25-16-29(32,17-26(25)19-30)15-21-6-3-2-4-7-21/h2-14,25-26,32H,15-20H2,1H3/t25-,26+,29+. The highest BCUT2D eigenvalue weighted by Gasteiger charge is 2.48. The van der Waals surface area contributed by atoms with Crippen LogP contribution in [-0.4, -0.2) is 48.1 Å². The van der Waals surface area contributed by atoms with E-state index in [1.807, 2.05) is 66.7 Å². The van der Waals surface area contributed by atoms with Gasteiger partial charge in [0.15, 0.2) is 5.78 Å². The molecule has 0 amide bonds. The van der Waals surface area contributed by atoms with Crippen LogP contribution in [0.5, 0.6) is 5.75 Å². The fourth-order valence-electron chi connectivity index (χ4n) is 5.76. The summed E-state index contributed by atoms with van der Waals surface area (Å²) < 4.78 is 5.24. The average Bonchev–Trinajstić information content (AvgIpc) is 3.33. The van der Waals surface area contributed by atoms with E-state index in [1.54, 1.807) is 7.11 Å². The third-order valence-corrected chi connectivity index (χ3v) is 7.29. The Morgan fingerprint density at radius 2 is 1.64 bits per heavy atom. The van der Waals surface area contributed by atoms with Gasteiger partial charge in [0.2, 0.25) is 0 Å². The first-order chi connectivity index (χ1) is 16.0. The molecular formula is C29H31NO3. The van der Waals surface area contributed by atoms with E-state index >= 15 is 0 Å². The van der Waals surface area contributed by atoms with Crippen molar-refractivity contribution in [1.82, 2.24) is 4.90 Å². The van der Waals surface area contributed by atoms with Crippen LogP contribution in [0, 0.1) is 11.8 Å². The van der Waals surface area contributed by atoms with Crippen LogP contribution in [0.25, 0.3) is 11.1 Å². The number of carbonyl (C=O) groups is 1. The van der Waals surface area contributed by atoms with Gasteiger partial charge in [-0.1, -0.05) is 60.7 Å². The molecule has 4 heteroatoms. The summed E-state index contributed by atoms with van der Waals surface area (Å²) in [5.41, 5.74) is 3.44. The summed E-state index contributed by atoms with van der Waals surface area (Å²) in [6.07, 6.45) is 2.37. The molecule has 0 unspecified atom stereocenters. The van der Waals surface area contributed by atoms with Gasteiger partial charge in [0.1, 0.15) is 5.75 Å². The minimum absolute atomic E-state index is 0.157. The van der Waals surface area contributed by atoms with E-state index in [-0.39, 0.29) is 5.78 Å². The number of carbonyl (C=O) groups excluding carboxylic acids is 1. The van der Waals surface area contributed by atoms with Crippen LogP contribution in [0.1, 0.15) is 28.8 Å². The second-order valence-electron chi connectivity index (χ2n) is 9.74. The lowest BCUT2D eigenvalue weighted by atomic mass is 9.91. The van der Waals surface area contributed by atoms with E-state index in [9.17, 15) is 9.90 Å². The van der Waals surface area contributed by atoms with Crippen LogP contribution in [0.3, 0.4) is 0 Å². The van der Waals surface area contributed by atoms with Crippen molar-refractivity contribution < 1.29 is 14.6 Å². The summed E-state index contributed by atoms with van der Waals surface area (Å²) in [6, 6.07) is 26.1. The molecule has 0 radical (unpaired) electrons. The lowest BCUT2D eigenvalue weighted by Crippen LogP contribution is -2.34. The summed E-state index contributed by atoms with van der Waals surface area (Å²) in [7, 11) is 1.66. The Morgan fingerprint density at radius 1 is 0.939 bits per heavy atom. The molecule has 2 fully saturated rings. The molecule has 1 aliphatic carbocycles. The molecule has 3 aromatic rings. The first-order valence-corrected chi connectivity index (χ1v) is 11.8. The zero-order valence-corrected chi connectivity index (χ0v) is 19.1. The number of Topliss-reactive ketones (excluding diaryl/α,β-unsaturated/α-hetero) is 1. The van der Waals surface area contributed by atoms with E-state index in [0.717, 1.165) is 54.8 Å². The van der Waals surface area contributed by atoms with Crippen LogP contribution >= 0.6 is 0 Å². The van der Waals surface area contributed by atoms with Crippen LogP contribution in [0.4, 0.5) is 0 Å². The van der Waals surface area contributed by atoms with Crippen molar-refractivity contribution >= 4 is 5.78 Å². The fraction of sp³-hybridized carbons (Fsp3) is 0.345. The van der Waals surface area contributed by atoms with Crippen LogP contribution in [-0.2, 0) is 6.42 Å². The highest BCUT2D eigenvalue weighted by Crippen LogP contribution is 2.45. The third-order valence-electron chi connectivity index (χ3n) is 7.29. The fourth-order valence-corrected chi connectivity index (χ4v) is 5.76. The van der Waals surface area contributed by atoms with Gasteiger partial charge in [-0.05, 0) is 59.6 Å². The maximum atomic E-state index is 13.1. The lowest BCUT2D eigenvalue weighted by molar-refractivity contribution is 0.0355. The van der Waals surface area contributed by atoms with E-state index in [0.29, 0.717) is 18.4 Å². The third kappa shape index (κ3) is 4.87. The normalized spacial score (nSPS) is 24.5. The predicted molar refractivity (Wildman–Crippen MR) is 131 cm³/mol. The number of hydrogen-bond donors (Lipinski definition) is 1. The smallest absolute Gasteiger partial charge is 0.176 e. The quantitative estimate of drug-likeness (QED) is 0.532. The summed E-state index contributed by atoms with van der Waals surface area (Å²) in [6.45, 7) is 2.23. The highest BCUT2D eigenvalue weighted by atomic mass is 16.5. The molecule has 1 saturated heterocycles. The number of fused-ring (bicyclic) bond motifs is 1. The topological polar surface area (TPSA) is 49.8 Å². The number of nitrogens with zero attached hydrogens (tertiary/aromatic N) is 1. The Bertz CT molecular complexity index is 1100. The Balaban J connectivity index is 1.19. The molecule has 33 heavy (non-hydrogen) atoms. The van der Waals surface area contributed by atoms with Crippen molar-refractivity contribution in [2.45, 2.75) is 24.9 Å². The summed E-state index contributed by atoms with van der Waals surface area (Å²) >= 11 is 0. The zero-order valence-electron chi connectivity index (χ0n) is 19.1. The van der Waals surface area contributed by atoms with Gasteiger partial charge in [0, 0.05) is 25.1 Å². The van der Waals surface area contributed by atoms with Gasteiger partial charge in [-0.25, -0.2) is 0 Å². The Morgan fingerprint density at radius 3 is 2.30 bits per heavy atom. The number of ether oxygens (including phenoxy) is 1. The molecule has 3 atom stereocenters. The van der Waals surface area contributed by atoms with Gasteiger partial charge in [0.25, 0.3) is 0 Å². The van der Waals surface area contributed by atoms with Gasteiger partial charge < -0.3 is 9.84 Å². The van der Waals surface area contributed by atoms with Crippen molar-refractivity contribution in [3.63, 3.8) is 0 Å². The number of aliphatic hydroxyl groups is 1. The van der Waals surface area contributed by atoms with Crippen LogP contribution < -0.4 is 4.74 Å². The summed E-state index contributed by atoms with van der Waals surface area (Å²) in [5, 5.41) is 11.2. The first kappa shape index (κ1) is 21.9. The largest absolute Gasteiger partial charge is 0.497 e. The van der Waals surface area contributed by atoms with E-state index in [1.165, 1.54) is 5.56 Å². The second-order valence-corrected chi connectivity index (χ2v) is 9.74. The predicted octanol–water partition coefficient (Wildman–Crippen LogP) is 4.86. The van der Waals surface area contributed by atoms with Crippen molar-refractivity contribution in [3.05, 3.63) is 90.0 Å². The highest BCUT2D eigenvalue weighted by molar-refractivity contribution is 5.98. The zero-order chi connectivity index (χ0) is 22.8. The Labute approximate surface area is 195 Å². The molecule has 0 bridgehead atoms. The average molecular weight is 442 g/mol. The van der Waals surface area contributed by atoms with Gasteiger partial charge in [0.05, 0.1) is 19.3 Å². The molecule has 5 rings (SSSR count). The van der Waals surface area contributed by atoms with Crippen molar-refractivity contribution in [2.75, 3.05) is 26.7 Å². The number of hydrogen-bond acceptors (Lipinski definition) is 4. The van der Waals surface area contributed by atoms with Crippen molar-refractivity contribution in [1.29, 1.82) is 0 Å². The molecule has 1 heterocycles. The van der Waals surface area contributed by atoms with Crippen molar-refractivity contribution in [3.8, 4) is 16.9 Å². The summed E-state index contributed by atoms with van der Waals surface area (Å²) in [5.74, 6) is 1.92. The molecular weight excluding hydrogens is 410 g/mol. The molecule has 1 aliphatic heterocycles. The van der Waals surface area contributed by atoms with Crippen molar-refractivity contribution in [2.24, 2.45) is 11.8 Å². The molecule has 170 valence electrons. The number of rotatable bonds is 7. The minimum Gasteiger partial charge on any atom is -0.497 e. The molecule has 3 aromatic carbocycles. The lowest BCUT2D eigenvalue weighted by Gasteiger charge is -2.26. The van der Waals surface area contributed by atoms with Crippen LogP contribution in [0.2, 0.25) is 0 Å². The maximum Gasteiger partial charge on any atom is 0.176 e. The molecule has 1 N–H and O–H groups in total. The molecule has 4 nitrogen and oxygen atoms in total. The monoisotopic (exact) mass is 441 g/mol. The SMILES string of the molecule is COc1ccc(-c2cccc(C(=O)CN3C[C@@H]4C[C@](O)(Cc5ccccc5)C[C@@H]4C3)c2)cc1. The number of ketones is 1. The molecule has 0 spiro atoms. The maximum absolute atomic E-state index is 13.1. The van der Waals surface area contributed by atoms with Gasteiger partial charge >= 0.3 is 0 Å². The summed E-state index contributed by atoms with van der Waals surface area (Å²) in [4.78, 5) is 15.3. The Hall–Kier alpha value is -2.95. The molecule has 2 aliphatic rings. The number of methoxy groups -OCH3 is 1. The van der Waals surface area contributed by atoms with Crippen LogP contribution in [0.15, 0.2) is 78.9 Å². The number of benzene rings is 3. The van der Waals surface area contributed by atoms with Gasteiger partial charge in [-0.2, -0.15) is 0 Å². The van der Waals surface area contributed by atoms with Gasteiger partial charge in [-0.15, -0.1) is 0 Å². The second kappa shape index (κ2) is 9.12. The molecule has 0 aromatic heterocycles. The van der Waals surface area contributed by atoms with E-state index in [2.05, 4.69) is 17.0 Å².